The van der Waals surface area contributed by atoms with E-state index in [-0.39, 0.29) is 22.8 Å². The van der Waals surface area contributed by atoms with Crippen LogP contribution in [0.5, 0.6) is 0 Å². The monoisotopic (exact) mass is 575 g/mol. The normalized spacial score (nSPS) is 11.9. The zero-order chi connectivity index (χ0) is 27.6. The molecule has 1 unspecified atom stereocenters. The summed E-state index contributed by atoms with van der Waals surface area (Å²) in [7, 11) is 0. The van der Waals surface area contributed by atoms with E-state index in [4.69, 9.17) is 11.6 Å². The Morgan fingerprint density at radius 1 is 0.923 bits per heavy atom. The molecule has 39 heavy (non-hydrogen) atoms. The molecule has 4 aromatic rings. The van der Waals surface area contributed by atoms with E-state index in [1.807, 2.05) is 41.9 Å². The van der Waals surface area contributed by atoms with Crippen LogP contribution in [-0.2, 0) is 9.59 Å². The van der Waals surface area contributed by atoms with Crippen molar-refractivity contribution in [2.24, 2.45) is 0 Å². The number of hydrogen-bond donors (Lipinski definition) is 3. The van der Waals surface area contributed by atoms with Crippen LogP contribution in [0.3, 0.4) is 0 Å². The summed E-state index contributed by atoms with van der Waals surface area (Å²) in [6.45, 7) is 1.94. The van der Waals surface area contributed by atoms with Crippen LogP contribution in [0.1, 0.15) is 29.3 Å². The highest BCUT2D eigenvalue weighted by molar-refractivity contribution is 8.00. The molecule has 3 aromatic carbocycles. The zero-order valence-corrected chi connectivity index (χ0v) is 23.4. The number of nitrogens with one attached hydrogen (secondary N) is 3. The lowest BCUT2D eigenvalue weighted by atomic mass is 10.2. The lowest BCUT2D eigenvalue weighted by Crippen LogP contribution is -2.30. The van der Waals surface area contributed by atoms with Crippen molar-refractivity contribution < 1.29 is 14.4 Å². The van der Waals surface area contributed by atoms with Crippen molar-refractivity contribution in [3.05, 3.63) is 118 Å². The highest BCUT2D eigenvalue weighted by atomic mass is 35.5. The van der Waals surface area contributed by atoms with Crippen LogP contribution in [0.15, 0.2) is 106 Å². The molecule has 0 aliphatic carbocycles. The van der Waals surface area contributed by atoms with Crippen LogP contribution in [0, 0.1) is 0 Å². The van der Waals surface area contributed by atoms with Gasteiger partial charge in [-0.2, -0.15) is 11.3 Å². The first-order valence-electron chi connectivity index (χ1n) is 12.2. The topological polar surface area (TPSA) is 87.3 Å². The van der Waals surface area contributed by atoms with Gasteiger partial charge in [-0.25, -0.2) is 0 Å². The fraction of sp³-hybridized carbons (Fsp3) is 0.100. The third-order valence-corrected chi connectivity index (χ3v) is 7.80. The van der Waals surface area contributed by atoms with Crippen molar-refractivity contribution in [2.75, 3.05) is 10.6 Å². The summed E-state index contributed by atoms with van der Waals surface area (Å²) in [4.78, 5) is 39.8. The Bertz CT molecular complexity index is 1470. The van der Waals surface area contributed by atoms with Crippen LogP contribution in [0.25, 0.3) is 6.08 Å². The van der Waals surface area contributed by atoms with Gasteiger partial charge in [0.2, 0.25) is 5.91 Å². The van der Waals surface area contributed by atoms with Gasteiger partial charge in [-0.05, 0) is 83.4 Å². The smallest absolute Gasteiger partial charge is 0.272 e. The average Bonchev–Trinajstić information content (AvgIpc) is 3.45. The number of carbonyl (C=O) groups excluding carboxylic acids is 3. The third-order valence-electron chi connectivity index (χ3n) is 5.51. The molecule has 0 bridgehead atoms. The van der Waals surface area contributed by atoms with E-state index in [1.165, 1.54) is 23.1 Å². The maximum Gasteiger partial charge on any atom is 0.272 e. The van der Waals surface area contributed by atoms with E-state index in [2.05, 4.69) is 16.0 Å². The molecule has 0 spiro atoms. The molecule has 198 valence electrons. The van der Waals surface area contributed by atoms with Crippen LogP contribution in [-0.4, -0.2) is 23.0 Å². The van der Waals surface area contributed by atoms with Gasteiger partial charge in [-0.3, -0.25) is 14.4 Å². The molecule has 9 heteroatoms. The Hall–Kier alpha value is -3.85. The molecule has 0 aliphatic heterocycles. The fourth-order valence-electron chi connectivity index (χ4n) is 3.59. The Labute approximate surface area is 240 Å². The number of thiophene rings is 1. The van der Waals surface area contributed by atoms with E-state index in [0.717, 1.165) is 10.5 Å². The summed E-state index contributed by atoms with van der Waals surface area (Å²) in [5.41, 5.74) is 2.55. The molecule has 0 radical (unpaired) electrons. The SMILES string of the molecule is CCC(Sc1cccc(NC(=O)/C(=C/c2ccsc2)NC(=O)c2ccccc2)c1)C(=O)Nc1cccc(Cl)c1. The second-order valence-electron chi connectivity index (χ2n) is 8.43. The van der Waals surface area contributed by atoms with E-state index >= 15 is 0 Å². The van der Waals surface area contributed by atoms with Crippen molar-refractivity contribution >= 4 is 69.9 Å². The highest BCUT2D eigenvalue weighted by Gasteiger charge is 2.19. The van der Waals surface area contributed by atoms with Crippen LogP contribution >= 0.6 is 34.7 Å². The van der Waals surface area contributed by atoms with Gasteiger partial charge in [0.05, 0.1) is 5.25 Å². The van der Waals surface area contributed by atoms with Gasteiger partial charge in [-0.1, -0.05) is 48.9 Å². The highest BCUT2D eigenvalue weighted by Crippen LogP contribution is 2.29. The minimum atomic E-state index is -0.460. The van der Waals surface area contributed by atoms with Gasteiger partial charge in [0.1, 0.15) is 5.70 Å². The Morgan fingerprint density at radius 3 is 2.36 bits per heavy atom. The lowest BCUT2D eigenvalue weighted by molar-refractivity contribution is -0.116. The average molecular weight is 576 g/mol. The van der Waals surface area contributed by atoms with Crippen molar-refractivity contribution in [1.82, 2.24) is 5.32 Å². The molecule has 0 fully saturated rings. The molecule has 0 saturated heterocycles. The molecule has 6 nitrogen and oxygen atoms in total. The standard InChI is InChI=1S/C30H26ClN3O3S2/c1-2-27(30(37)33-23-11-6-10-22(31)17-23)39-25-13-7-12-24(18-25)32-29(36)26(16-20-14-15-38-19-20)34-28(35)21-8-4-3-5-9-21/h3-19,27H,2H2,1H3,(H,32,36)(H,33,37)(H,34,35)/b26-16-. The maximum absolute atomic E-state index is 13.3. The van der Waals surface area contributed by atoms with Gasteiger partial charge in [0.25, 0.3) is 11.8 Å². The molecule has 3 amide bonds. The summed E-state index contributed by atoms with van der Waals surface area (Å²) < 4.78 is 0. The predicted molar refractivity (Wildman–Crippen MR) is 161 cm³/mol. The molecule has 1 heterocycles. The van der Waals surface area contributed by atoms with E-state index < -0.39 is 5.91 Å². The first-order valence-corrected chi connectivity index (χ1v) is 14.4. The maximum atomic E-state index is 13.3. The van der Waals surface area contributed by atoms with Gasteiger partial charge in [-0.15, -0.1) is 11.8 Å². The molecular formula is C30H26ClN3O3S2. The summed E-state index contributed by atoms with van der Waals surface area (Å²) in [6.07, 6.45) is 2.24. The van der Waals surface area contributed by atoms with Gasteiger partial charge in [0.15, 0.2) is 0 Å². The van der Waals surface area contributed by atoms with E-state index in [1.54, 1.807) is 66.7 Å². The summed E-state index contributed by atoms with van der Waals surface area (Å²) in [6, 6.07) is 24.8. The third kappa shape index (κ3) is 8.32. The predicted octanol–water partition coefficient (Wildman–Crippen LogP) is 7.32. The molecule has 1 atom stereocenters. The Balaban J connectivity index is 1.46. The largest absolute Gasteiger partial charge is 0.325 e. The number of rotatable bonds is 10. The van der Waals surface area contributed by atoms with Crippen LogP contribution < -0.4 is 16.0 Å². The lowest BCUT2D eigenvalue weighted by Gasteiger charge is -2.16. The molecule has 4 rings (SSSR count). The van der Waals surface area contributed by atoms with E-state index in [0.29, 0.717) is 28.4 Å². The van der Waals surface area contributed by atoms with Crippen molar-refractivity contribution in [3.63, 3.8) is 0 Å². The van der Waals surface area contributed by atoms with Gasteiger partial charge in [0, 0.05) is 26.9 Å². The number of thioether (sulfide) groups is 1. The minimum absolute atomic E-state index is 0.118. The van der Waals surface area contributed by atoms with Crippen molar-refractivity contribution in [1.29, 1.82) is 0 Å². The number of halogens is 1. The van der Waals surface area contributed by atoms with Crippen LogP contribution in [0.2, 0.25) is 5.02 Å². The van der Waals surface area contributed by atoms with Crippen molar-refractivity contribution in [2.45, 2.75) is 23.5 Å². The molecular weight excluding hydrogens is 550 g/mol. The number of benzene rings is 3. The number of anilines is 2. The van der Waals surface area contributed by atoms with Crippen LogP contribution in [0.4, 0.5) is 11.4 Å². The zero-order valence-electron chi connectivity index (χ0n) is 21.0. The summed E-state index contributed by atoms with van der Waals surface area (Å²) in [5.74, 6) is -0.977. The second-order valence-corrected chi connectivity index (χ2v) is 10.9. The number of hydrogen-bond acceptors (Lipinski definition) is 5. The fourth-order valence-corrected chi connectivity index (χ4v) is 5.41. The van der Waals surface area contributed by atoms with Gasteiger partial charge < -0.3 is 16.0 Å². The summed E-state index contributed by atoms with van der Waals surface area (Å²) >= 11 is 8.93. The molecule has 0 saturated carbocycles. The Morgan fingerprint density at radius 2 is 1.67 bits per heavy atom. The first-order chi connectivity index (χ1) is 18.9. The number of carbonyl (C=O) groups is 3. The number of amides is 3. The van der Waals surface area contributed by atoms with Gasteiger partial charge >= 0.3 is 0 Å². The first kappa shape index (κ1) is 28.2. The molecule has 1 aromatic heterocycles. The summed E-state index contributed by atoms with van der Waals surface area (Å²) in [5, 5.41) is 12.5. The Kier molecular flexibility index (Phi) is 9.97. The van der Waals surface area contributed by atoms with E-state index in [9.17, 15) is 14.4 Å². The molecule has 3 N–H and O–H groups in total. The minimum Gasteiger partial charge on any atom is -0.325 e. The quantitative estimate of drug-likeness (QED) is 0.137. The van der Waals surface area contributed by atoms with Crippen molar-refractivity contribution in [3.8, 4) is 0 Å². The molecule has 0 aliphatic rings. The second kappa shape index (κ2) is 13.8.